The Kier molecular flexibility index (Phi) is 4.57. The summed E-state index contributed by atoms with van der Waals surface area (Å²) in [6, 6.07) is 7.50. The second-order valence-electron chi connectivity index (χ2n) is 6.33. The monoisotopic (exact) mass is 356 g/mol. The zero-order valence-corrected chi connectivity index (χ0v) is 15.0. The van der Waals surface area contributed by atoms with Crippen LogP contribution in [0.1, 0.15) is 50.2 Å². The van der Waals surface area contributed by atoms with Crippen LogP contribution in [0.25, 0.3) is 10.9 Å². The van der Waals surface area contributed by atoms with Crippen molar-refractivity contribution >= 4 is 22.7 Å². The van der Waals surface area contributed by atoms with Crippen LogP contribution in [0.3, 0.4) is 0 Å². The van der Waals surface area contributed by atoms with E-state index in [4.69, 9.17) is 9.51 Å². The predicted molar refractivity (Wildman–Crippen MR) is 96.7 cm³/mol. The van der Waals surface area contributed by atoms with E-state index < -0.39 is 0 Å². The topological polar surface area (TPSA) is 73.8 Å². The Morgan fingerprint density at radius 1 is 1.28 bits per heavy atom. The highest BCUT2D eigenvalue weighted by molar-refractivity contribution is 7.98. The Morgan fingerprint density at radius 3 is 2.92 bits per heavy atom. The van der Waals surface area contributed by atoms with Gasteiger partial charge in [0.25, 0.3) is 5.56 Å². The molecule has 0 N–H and O–H groups in total. The second-order valence-corrected chi connectivity index (χ2v) is 7.28. The van der Waals surface area contributed by atoms with Crippen molar-refractivity contribution in [1.82, 2.24) is 19.7 Å². The zero-order valence-electron chi connectivity index (χ0n) is 14.1. The maximum Gasteiger partial charge on any atom is 0.262 e. The summed E-state index contributed by atoms with van der Waals surface area (Å²) in [7, 11) is 0. The van der Waals surface area contributed by atoms with Gasteiger partial charge in [-0.3, -0.25) is 9.36 Å². The second kappa shape index (κ2) is 7.00. The van der Waals surface area contributed by atoms with Crippen LogP contribution in [-0.4, -0.2) is 19.7 Å². The Labute approximate surface area is 149 Å². The van der Waals surface area contributed by atoms with Crippen molar-refractivity contribution in [3.8, 4) is 0 Å². The fourth-order valence-electron chi connectivity index (χ4n) is 2.72. The first kappa shape index (κ1) is 16.3. The fraction of sp³-hybridized carbons (Fsp3) is 0.444. The van der Waals surface area contributed by atoms with Crippen molar-refractivity contribution in [3.05, 3.63) is 46.3 Å². The van der Waals surface area contributed by atoms with E-state index in [9.17, 15) is 4.79 Å². The van der Waals surface area contributed by atoms with E-state index in [1.165, 1.54) is 11.8 Å². The van der Waals surface area contributed by atoms with Crippen molar-refractivity contribution < 1.29 is 4.52 Å². The third-order valence-corrected chi connectivity index (χ3v) is 5.28. The summed E-state index contributed by atoms with van der Waals surface area (Å²) < 4.78 is 7.08. The van der Waals surface area contributed by atoms with Crippen molar-refractivity contribution in [3.63, 3.8) is 0 Å². The summed E-state index contributed by atoms with van der Waals surface area (Å²) in [5, 5.41) is 5.43. The highest BCUT2D eigenvalue weighted by atomic mass is 32.2. The highest BCUT2D eigenvalue weighted by Gasteiger charge is 2.29. The fourth-order valence-corrected chi connectivity index (χ4v) is 3.59. The molecule has 1 fully saturated rings. The van der Waals surface area contributed by atoms with Crippen molar-refractivity contribution in [2.24, 2.45) is 0 Å². The van der Waals surface area contributed by atoms with Gasteiger partial charge in [-0.2, -0.15) is 4.98 Å². The first-order chi connectivity index (χ1) is 12.3. The standard InChI is InChI=1S/C18H20N4O2S/c1-2-3-10-22-17(23)13-6-4-5-7-14(13)19-18(22)25-11-15-20-16(24-21-15)12-8-9-12/h4-7,12H,2-3,8-11H2,1H3. The molecule has 1 saturated carbocycles. The van der Waals surface area contributed by atoms with Crippen molar-refractivity contribution in [2.45, 2.75) is 56.0 Å². The first-order valence-electron chi connectivity index (χ1n) is 8.71. The quantitative estimate of drug-likeness (QED) is 0.474. The van der Waals surface area contributed by atoms with Gasteiger partial charge in [-0.15, -0.1) is 0 Å². The Morgan fingerprint density at radius 2 is 2.12 bits per heavy atom. The van der Waals surface area contributed by atoms with Gasteiger partial charge >= 0.3 is 0 Å². The molecule has 130 valence electrons. The lowest BCUT2D eigenvalue weighted by Crippen LogP contribution is -2.23. The molecule has 0 unspecified atom stereocenters. The summed E-state index contributed by atoms with van der Waals surface area (Å²) in [5.74, 6) is 2.40. The summed E-state index contributed by atoms with van der Waals surface area (Å²) in [4.78, 5) is 22.0. The van der Waals surface area contributed by atoms with Crippen LogP contribution in [0.15, 0.2) is 38.7 Å². The predicted octanol–water partition coefficient (Wildman–Crippen LogP) is 3.75. The van der Waals surface area contributed by atoms with Crippen LogP contribution in [0.2, 0.25) is 0 Å². The normalized spacial score (nSPS) is 14.3. The summed E-state index contributed by atoms with van der Waals surface area (Å²) in [6.07, 6.45) is 4.25. The number of aromatic nitrogens is 4. The molecule has 4 rings (SSSR count). The number of hydrogen-bond donors (Lipinski definition) is 0. The van der Waals surface area contributed by atoms with Gasteiger partial charge in [0.15, 0.2) is 11.0 Å². The average molecular weight is 356 g/mol. The number of thioether (sulfide) groups is 1. The maximum absolute atomic E-state index is 12.8. The van der Waals surface area contributed by atoms with Crippen LogP contribution in [0.5, 0.6) is 0 Å². The zero-order chi connectivity index (χ0) is 17.2. The minimum Gasteiger partial charge on any atom is -0.339 e. The molecule has 0 radical (unpaired) electrons. The lowest BCUT2D eigenvalue weighted by Gasteiger charge is -2.12. The summed E-state index contributed by atoms with van der Waals surface area (Å²) >= 11 is 1.49. The van der Waals surface area contributed by atoms with E-state index in [1.807, 2.05) is 24.3 Å². The third-order valence-electron chi connectivity index (χ3n) is 4.30. The number of hydrogen-bond acceptors (Lipinski definition) is 6. The molecule has 0 atom stereocenters. The molecule has 6 nitrogen and oxygen atoms in total. The molecule has 1 aliphatic carbocycles. The molecule has 1 aromatic carbocycles. The van der Waals surface area contributed by atoms with Crippen molar-refractivity contribution in [2.75, 3.05) is 0 Å². The van der Waals surface area contributed by atoms with Gasteiger partial charge in [0, 0.05) is 12.5 Å². The van der Waals surface area contributed by atoms with Gasteiger partial charge in [-0.05, 0) is 31.4 Å². The van der Waals surface area contributed by atoms with E-state index in [0.717, 1.165) is 42.2 Å². The van der Waals surface area contributed by atoms with E-state index in [0.29, 0.717) is 29.4 Å². The summed E-state index contributed by atoms with van der Waals surface area (Å²) in [6.45, 7) is 2.79. The average Bonchev–Trinajstić information content (AvgIpc) is 3.38. The maximum atomic E-state index is 12.8. The van der Waals surface area contributed by atoms with Gasteiger partial charge in [0.05, 0.1) is 16.7 Å². The Hall–Kier alpha value is -2.15. The van der Waals surface area contributed by atoms with Gasteiger partial charge in [-0.1, -0.05) is 42.4 Å². The van der Waals surface area contributed by atoms with Gasteiger partial charge in [0.1, 0.15) is 0 Å². The number of rotatable bonds is 7. The molecule has 7 heteroatoms. The molecule has 2 heterocycles. The van der Waals surface area contributed by atoms with E-state index >= 15 is 0 Å². The number of fused-ring (bicyclic) bond motifs is 1. The van der Waals surface area contributed by atoms with Crippen LogP contribution < -0.4 is 5.56 Å². The number of nitrogens with zero attached hydrogens (tertiary/aromatic N) is 4. The van der Waals surface area contributed by atoms with Gasteiger partial charge in [-0.25, -0.2) is 4.98 Å². The van der Waals surface area contributed by atoms with Crippen molar-refractivity contribution in [1.29, 1.82) is 0 Å². The number of benzene rings is 1. The van der Waals surface area contributed by atoms with E-state index in [1.54, 1.807) is 4.57 Å². The van der Waals surface area contributed by atoms with Crippen LogP contribution in [-0.2, 0) is 12.3 Å². The molecule has 0 aliphatic heterocycles. The molecule has 0 spiro atoms. The molecule has 1 aliphatic rings. The molecule has 25 heavy (non-hydrogen) atoms. The Bertz CT molecular complexity index is 946. The molecule has 2 aromatic heterocycles. The minimum absolute atomic E-state index is 0.0216. The molecular weight excluding hydrogens is 336 g/mol. The van der Waals surface area contributed by atoms with E-state index in [2.05, 4.69) is 17.1 Å². The summed E-state index contributed by atoms with van der Waals surface area (Å²) in [5.41, 5.74) is 0.753. The third kappa shape index (κ3) is 3.46. The van der Waals surface area contributed by atoms with E-state index in [-0.39, 0.29) is 5.56 Å². The highest BCUT2D eigenvalue weighted by Crippen LogP contribution is 2.39. The van der Waals surface area contributed by atoms with Gasteiger partial charge in [0.2, 0.25) is 5.89 Å². The number of para-hydroxylation sites is 1. The minimum atomic E-state index is 0.0216. The van der Waals surface area contributed by atoms with Crippen LogP contribution in [0.4, 0.5) is 0 Å². The molecule has 3 aromatic rings. The smallest absolute Gasteiger partial charge is 0.262 e. The van der Waals surface area contributed by atoms with Crippen LogP contribution in [0, 0.1) is 0 Å². The molecule has 0 saturated heterocycles. The molecular formula is C18H20N4O2S. The largest absolute Gasteiger partial charge is 0.339 e. The SMILES string of the molecule is CCCCn1c(SCc2noc(C3CC3)n2)nc2ccccc2c1=O. The lowest BCUT2D eigenvalue weighted by atomic mass is 10.2. The van der Waals surface area contributed by atoms with Crippen LogP contribution >= 0.6 is 11.8 Å². The lowest BCUT2D eigenvalue weighted by molar-refractivity contribution is 0.375. The number of unbranched alkanes of at least 4 members (excludes halogenated alkanes) is 1. The molecule has 0 bridgehead atoms. The first-order valence-corrected chi connectivity index (χ1v) is 9.69. The Balaban J connectivity index is 1.62. The molecule has 0 amide bonds. The van der Waals surface area contributed by atoms with Gasteiger partial charge < -0.3 is 4.52 Å².